The summed E-state index contributed by atoms with van der Waals surface area (Å²) in [6, 6.07) is 3.02. The first-order valence-corrected chi connectivity index (χ1v) is 12.0. The fraction of sp³-hybridized carbons (Fsp3) is 0.412. The Bertz CT molecular complexity index is 1030. The molecule has 0 aromatic carbocycles. The summed E-state index contributed by atoms with van der Waals surface area (Å²) in [7, 11) is -3.69. The Morgan fingerprint density at radius 3 is 2.61 bits per heavy atom. The van der Waals surface area contributed by atoms with Crippen molar-refractivity contribution in [3.63, 3.8) is 0 Å². The van der Waals surface area contributed by atoms with Gasteiger partial charge in [0, 0.05) is 18.0 Å². The summed E-state index contributed by atoms with van der Waals surface area (Å²) in [5, 5.41) is 3.19. The number of halogens is 1. The SMILES string of the molecule is Cc1sc(NC(=O)C2CCCN(S(=O)(=O)c3ccc(Cl)s3)C2)c(C(N)=O)c1C. The van der Waals surface area contributed by atoms with Crippen molar-refractivity contribution in [3.05, 3.63) is 32.5 Å². The highest BCUT2D eigenvalue weighted by atomic mass is 35.5. The zero-order valence-electron chi connectivity index (χ0n) is 15.3. The third kappa shape index (κ3) is 4.11. The molecule has 3 N–H and O–H groups in total. The van der Waals surface area contributed by atoms with Gasteiger partial charge in [0.2, 0.25) is 5.91 Å². The Kier molecular flexibility index (Phi) is 6.16. The van der Waals surface area contributed by atoms with Crippen molar-refractivity contribution in [3.8, 4) is 0 Å². The molecule has 1 aliphatic rings. The molecule has 3 heterocycles. The molecule has 1 atom stereocenters. The van der Waals surface area contributed by atoms with Crippen LogP contribution in [0.2, 0.25) is 4.34 Å². The summed E-state index contributed by atoms with van der Waals surface area (Å²) in [4.78, 5) is 25.4. The van der Waals surface area contributed by atoms with Gasteiger partial charge >= 0.3 is 0 Å². The third-order valence-electron chi connectivity index (χ3n) is 4.77. The molecule has 1 saturated heterocycles. The van der Waals surface area contributed by atoms with Crippen LogP contribution in [0.5, 0.6) is 0 Å². The van der Waals surface area contributed by atoms with Gasteiger partial charge < -0.3 is 11.1 Å². The van der Waals surface area contributed by atoms with Gasteiger partial charge in [0.25, 0.3) is 15.9 Å². The number of piperidine rings is 1. The molecular weight excluding hydrogens is 442 g/mol. The maximum Gasteiger partial charge on any atom is 0.252 e. The minimum atomic E-state index is -3.69. The molecule has 11 heteroatoms. The smallest absolute Gasteiger partial charge is 0.252 e. The van der Waals surface area contributed by atoms with Crippen LogP contribution < -0.4 is 11.1 Å². The lowest BCUT2D eigenvalue weighted by atomic mass is 9.99. The number of hydrogen-bond acceptors (Lipinski definition) is 6. The number of sulfonamides is 1. The summed E-state index contributed by atoms with van der Waals surface area (Å²) in [6.07, 6.45) is 1.14. The van der Waals surface area contributed by atoms with Gasteiger partial charge in [0.05, 0.1) is 15.8 Å². The number of aryl methyl sites for hydroxylation is 1. The summed E-state index contributed by atoms with van der Waals surface area (Å²) in [5.74, 6) is -1.42. The Morgan fingerprint density at radius 1 is 1.29 bits per heavy atom. The predicted molar refractivity (Wildman–Crippen MR) is 112 cm³/mol. The van der Waals surface area contributed by atoms with Crippen LogP contribution in [0, 0.1) is 19.8 Å². The predicted octanol–water partition coefficient (Wildman–Crippen LogP) is 3.22. The molecule has 152 valence electrons. The van der Waals surface area contributed by atoms with Crippen molar-refractivity contribution in [2.45, 2.75) is 30.9 Å². The van der Waals surface area contributed by atoms with Crippen LogP contribution in [-0.4, -0.2) is 37.6 Å². The standard InChI is InChI=1S/C17H20ClN3O4S3/c1-9-10(2)26-17(14(9)15(19)22)20-16(23)11-4-3-7-21(8-11)28(24,25)13-6-5-12(18)27-13/h5-6,11H,3-4,7-8H2,1-2H3,(H2,19,22)(H,20,23). The van der Waals surface area contributed by atoms with Crippen LogP contribution in [0.25, 0.3) is 0 Å². The molecule has 0 spiro atoms. The second-order valence-electron chi connectivity index (χ2n) is 6.60. The molecule has 1 unspecified atom stereocenters. The van der Waals surface area contributed by atoms with Crippen molar-refractivity contribution >= 4 is 61.1 Å². The van der Waals surface area contributed by atoms with E-state index >= 15 is 0 Å². The van der Waals surface area contributed by atoms with Gasteiger partial charge in [0.1, 0.15) is 9.21 Å². The van der Waals surface area contributed by atoms with E-state index in [1.54, 1.807) is 13.0 Å². The normalized spacial score (nSPS) is 18.2. The number of nitrogens with one attached hydrogen (secondary N) is 1. The van der Waals surface area contributed by atoms with E-state index in [2.05, 4.69) is 5.32 Å². The second-order valence-corrected chi connectivity index (χ2v) is 11.7. The molecule has 2 aromatic heterocycles. The van der Waals surface area contributed by atoms with Crippen LogP contribution in [0.1, 0.15) is 33.6 Å². The molecule has 1 aliphatic heterocycles. The number of nitrogens with zero attached hydrogens (tertiary/aromatic N) is 1. The highest BCUT2D eigenvalue weighted by molar-refractivity contribution is 7.91. The van der Waals surface area contributed by atoms with E-state index in [1.807, 2.05) is 6.92 Å². The molecule has 0 bridgehead atoms. The van der Waals surface area contributed by atoms with Crippen LogP contribution in [0.3, 0.4) is 0 Å². The summed E-state index contributed by atoms with van der Waals surface area (Å²) >= 11 is 8.15. The van der Waals surface area contributed by atoms with E-state index < -0.39 is 21.8 Å². The van der Waals surface area contributed by atoms with E-state index in [0.717, 1.165) is 21.8 Å². The van der Waals surface area contributed by atoms with Crippen molar-refractivity contribution in [2.24, 2.45) is 11.7 Å². The first-order valence-electron chi connectivity index (χ1n) is 8.57. The number of thiophene rings is 2. The molecule has 7 nitrogen and oxygen atoms in total. The van der Waals surface area contributed by atoms with Crippen LogP contribution in [-0.2, 0) is 14.8 Å². The first-order chi connectivity index (χ1) is 13.1. The number of amides is 2. The molecule has 3 rings (SSSR count). The zero-order valence-corrected chi connectivity index (χ0v) is 18.5. The molecular formula is C17H20ClN3O4S3. The van der Waals surface area contributed by atoms with Crippen LogP contribution in [0.4, 0.5) is 5.00 Å². The summed E-state index contributed by atoms with van der Waals surface area (Å²) in [5.41, 5.74) is 6.50. The lowest BCUT2D eigenvalue weighted by molar-refractivity contribution is -0.120. The minimum absolute atomic E-state index is 0.0823. The van der Waals surface area contributed by atoms with Gasteiger partial charge in [-0.1, -0.05) is 11.6 Å². The Hall–Kier alpha value is -1.46. The summed E-state index contributed by atoms with van der Waals surface area (Å²) < 4.78 is 27.5. The van der Waals surface area contributed by atoms with E-state index in [0.29, 0.717) is 34.3 Å². The highest BCUT2D eigenvalue weighted by Crippen LogP contribution is 2.34. The highest BCUT2D eigenvalue weighted by Gasteiger charge is 2.34. The Morgan fingerprint density at radius 2 is 2.00 bits per heavy atom. The molecule has 0 radical (unpaired) electrons. The average Bonchev–Trinajstić information content (AvgIpc) is 3.19. The van der Waals surface area contributed by atoms with Gasteiger partial charge in [-0.05, 0) is 44.4 Å². The van der Waals surface area contributed by atoms with Gasteiger partial charge in [0.15, 0.2) is 0 Å². The van der Waals surface area contributed by atoms with Crippen LogP contribution >= 0.6 is 34.3 Å². The van der Waals surface area contributed by atoms with Gasteiger partial charge in [-0.2, -0.15) is 4.31 Å². The number of carbonyl (C=O) groups is 2. The number of nitrogens with two attached hydrogens (primary N) is 1. The quantitative estimate of drug-likeness (QED) is 0.712. The molecule has 28 heavy (non-hydrogen) atoms. The molecule has 2 aromatic rings. The maximum atomic E-state index is 12.8. The molecule has 0 saturated carbocycles. The maximum absolute atomic E-state index is 12.8. The monoisotopic (exact) mass is 461 g/mol. The topological polar surface area (TPSA) is 110 Å². The first kappa shape index (κ1) is 21.3. The molecule has 0 aliphatic carbocycles. The largest absolute Gasteiger partial charge is 0.365 e. The number of rotatable bonds is 5. The van der Waals surface area contributed by atoms with E-state index in [9.17, 15) is 18.0 Å². The summed E-state index contributed by atoms with van der Waals surface area (Å²) in [6.45, 7) is 4.07. The molecule has 1 fully saturated rings. The van der Waals surface area contributed by atoms with Crippen molar-refractivity contribution in [1.82, 2.24) is 4.31 Å². The minimum Gasteiger partial charge on any atom is -0.365 e. The Labute approximate surface area is 176 Å². The fourth-order valence-corrected chi connectivity index (χ4v) is 7.39. The lowest BCUT2D eigenvalue weighted by Gasteiger charge is -2.30. The number of anilines is 1. The van der Waals surface area contributed by atoms with Crippen molar-refractivity contribution in [1.29, 1.82) is 0 Å². The Balaban J connectivity index is 1.77. The van der Waals surface area contributed by atoms with Gasteiger partial charge in [-0.15, -0.1) is 22.7 Å². The zero-order chi connectivity index (χ0) is 20.6. The van der Waals surface area contributed by atoms with E-state index in [1.165, 1.54) is 21.7 Å². The average molecular weight is 462 g/mol. The van der Waals surface area contributed by atoms with Crippen LogP contribution in [0.15, 0.2) is 16.3 Å². The van der Waals surface area contributed by atoms with E-state index in [-0.39, 0.29) is 16.7 Å². The van der Waals surface area contributed by atoms with Gasteiger partial charge in [-0.25, -0.2) is 8.42 Å². The number of hydrogen-bond donors (Lipinski definition) is 2. The third-order valence-corrected chi connectivity index (χ3v) is 9.45. The van der Waals surface area contributed by atoms with Gasteiger partial charge in [-0.3, -0.25) is 9.59 Å². The molecule has 2 amide bonds. The van der Waals surface area contributed by atoms with E-state index in [4.69, 9.17) is 17.3 Å². The fourth-order valence-electron chi connectivity index (χ4n) is 3.16. The lowest BCUT2D eigenvalue weighted by Crippen LogP contribution is -2.43. The van der Waals surface area contributed by atoms with Crippen molar-refractivity contribution in [2.75, 3.05) is 18.4 Å². The number of carbonyl (C=O) groups excluding carboxylic acids is 2. The van der Waals surface area contributed by atoms with Crippen molar-refractivity contribution < 1.29 is 18.0 Å². The number of primary amides is 1. The second kappa shape index (κ2) is 8.11.